The van der Waals surface area contributed by atoms with Crippen LogP contribution in [0.1, 0.15) is 17.2 Å². The molecule has 3 aromatic carbocycles. The summed E-state index contributed by atoms with van der Waals surface area (Å²) in [7, 11) is 3.03. The maximum Gasteiger partial charge on any atom is 0.271 e. The highest BCUT2D eigenvalue weighted by Gasteiger charge is 2.25. The lowest BCUT2D eigenvalue weighted by Gasteiger charge is -2.19. The number of nitriles is 1. The first-order valence-corrected chi connectivity index (χ1v) is 14.7. The lowest BCUT2D eigenvalue weighted by molar-refractivity contribution is -0.123. The number of carbonyl (C=O) groups excluding carboxylic acids is 1. The number of thiazole rings is 1. The number of hydrogen-bond acceptors (Lipinski definition) is 10. The molecule has 0 spiro atoms. The average Bonchev–Trinajstić information content (AvgIpc) is 3.36. The van der Waals surface area contributed by atoms with Gasteiger partial charge in [0.05, 0.1) is 41.0 Å². The predicted molar refractivity (Wildman–Crippen MR) is 156 cm³/mol. The summed E-state index contributed by atoms with van der Waals surface area (Å²) in [6.07, 6.45) is -1.16. The first-order chi connectivity index (χ1) is 19.6. The number of methoxy groups -OCH3 is 2. The molecule has 0 saturated carbocycles. The number of rotatable bonds is 12. The minimum atomic E-state index is -3.74. The molecule has 4 rings (SSSR count). The van der Waals surface area contributed by atoms with E-state index in [0.717, 1.165) is 4.70 Å². The van der Waals surface area contributed by atoms with Crippen molar-refractivity contribution in [2.75, 3.05) is 46.7 Å². The van der Waals surface area contributed by atoms with Crippen molar-refractivity contribution in [3.8, 4) is 23.3 Å². The van der Waals surface area contributed by atoms with Crippen LogP contribution in [-0.2, 0) is 14.8 Å². The van der Waals surface area contributed by atoms with E-state index in [4.69, 9.17) is 19.5 Å². The molecule has 0 saturated heterocycles. The van der Waals surface area contributed by atoms with Gasteiger partial charge in [-0.1, -0.05) is 23.5 Å². The molecule has 1 unspecified atom stereocenters. The van der Waals surface area contributed by atoms with E-state index in [1.165, 1.54) is 49.8 Å². The van der Waals surface area contributed by atoms with Gasteiger partial charge in [0.2, 0.25) is 16.1 Å². The third kappa shape index (κ3) is 7.30. The molecule has 0 bridgehead atoms. The van der Waals surface area contributed by atoms with Gasteiger partial charge in [0, 0.05) is 30.8 Å². The molecule has 0 aliphatic rings. The molecule has 13 heteroatoms. The molecule has 1 amide bonds. The van der Waals surface area contributed by atoms with Crippen molar-refractivity contribution in [3.05, 3.63) is 71.8 Å². The molecule has 2 N–H and O–H groups in total. The second-order valence-electron chi connectivity index (χ2n) is 9.09. The summed E-state index contributed by atoms with van der Waals surface area (Å²) < 4.78 is 45.5. The fraction of sp³-hybridized carbons (Fsp3) is 0.250. The monoisotopic (exact) mass is 595 g/mol. The smallest absolute Gasteiger partial charge is 0.271 e. The van der Waals surface area contributed by atoms with Gasteiger partial charge in [-0.25, -0.2) is 18.1 Å². The number of ether oxygens (including phenoxy) is 3. The number of nitrogens with one attached hydrogen (secondary N) is 2. The number of carbonyl (C=O) groups is 1. The average molecular weight is 596 g/mol. The van der Waals surface area contributed by atoms with Crippen LogP contribution in [0.4, 0.5) is 5.13 Å². The van der Waals surface area contributed by atoms with E-state index in [0.29, 0.717) is 45.6 Å². The van der Waals surface area contributed by atoms with Crippen LogP contribution in [0.15, 0.2) is 65.6 Å². The molecule has 1 atom stereocenters. The Morgan fingerprint density at radius 3 is 2.32 bits per heavy atom. The topological polar surface area (TPSA) is 143 Å². The molecule has 0 radical (unpaired) electrons. The Bertz CT molecular complexity index is 1620. The minimum absolute atomic E-state index is 0.0617. The van der Waals surface area contributed by atoms with Crippen molar-refractivity contribution in [1.82, 2.24) is 14.6 Å². The number of hydrogen-bond donors (Lipinski definition) is 2. The Labute approximate surface area is 242 Å². The Balaban J connectivity index is 1.61. The first-order valence-electron chi connectivity index (χ1n) is 12.4. The van der Waals surface area contributed by atoms with Gasteiger partial charge in [0.15, 0.2) is 16.6 Å². The minimum Gasteiger partial charge on any atom is -0.493 e. The number of aromatic nitrogens is 1. The first kappa shape index (κ1) is 29.8. The zero-order valence-electron chi connectivity index (χ0n) is 22.9. The quantitative estimate of drug-likeness (QED) is 0.250. The highest BCUT2D eigenvalue weighted by molar-refractivity contribution is 7.89. The van der Waals surface area contributed by atoms with Gasteiger partial charge in [0.25, 0.3) is 5.91 Å². The molecule has 1 aromatic heterocycles. The van der Waals surface area contributed by atoms with E-state index in [1.54, 1.807) is 36.4 Å². The lowest BCUT2D eigenvalue weighted by Crippen LogP contribution is -2.31. The van der Waals surface area contributed by atoms with Gasteiger partial charge in [-0.15, -0.1) is 0 Å². The number of nitrogens with zero attached hydrogens (tertiary/aromatic N) is 3. The van der Waals surface area contributed by atoms with Gasteiger partial charge >= 0.3 is 0 Å². The van der Waals surface area contributed by atoms with Crippen LogP contribution in [0.5, 0.6) is 17.2 Å². The molecular formula is C28H29N5O6S2. The molecule has 0 aliphatic carbocycles. The maximum atomic E-state index is 13.5. The lowest BCUT2D eigenvalue weighted by atomic mass is 10.1. The summed E-state index contributed by atoms with van der Waals surface area (Å²) >= 11 is 1.25. The predicted octanol–water partition coefficient (Wildman–Crippen LogP) is 3.78. The number of sulfonamides is 1. The summed E-state index contributed by atoms with van der Waals surface area (Å²) in [6, 6.07) is 17.8. The van der Waals surface area contributed by atoms with Gasteiger partial charge in [-0.2, -0.15) is 5.26 Å². The van der Waals surface area contributed by atoms with Crippen molar-refractivity contribution in [2.45, 2.75) is 11.0 Å². The standard InChI is InChI=1S/C28H29N5O6S2/c1-33(2)14-13-30-41(35,36)21-11-7-19(8-12-21)26(39-20-9-5-18(17-29)6-10-20)27(34)32-28-31-22-15-23(37-3)24(38-4)16-25(22)40-28/h5-12,15-16,26,30H,13-14H2,1-4H3,(H,31,32,34). The Morgan fingerprint density at radius 2 is 1.71 bits per heavy atom. The SMILES string of the molecule is COc1cc2nc(NC(=O)C(Oc3ccc(C#N)cc3)c3ccc(S(=O)(=O)NCCN(C)C)cc3)sc2cc1OC. The zero-order chi connectivity index (χ0) is 29.6. The van der Waals surface area contributed by atoms with Crippen molar-refractivity contribution in [1.29, 1.82) is 5.26 Å². The van der Waals surface area contributed by atoms with Crippen LogP contribution in [0.3, 0.4) is 0 Å². The molecule has 4 aromatic rings. The van der Waals surface area contributed by atoms with Crippen LogP contribution in [0, 0.1) is 11.3 Å². The second kappa shape index (κ2) is 13.0. The van der Waals surface area contributed by atoms with Crippen LogP contribution in [0.25, 0.3) is 10.2 Å². The molecule has 1 heterocycles. The summed E-state index contributed by atoms with van der Waals surface area (Å²) in [5.74, 6) is 0.878. The summed E-state index contributed by atoms with van der Waals surface area (Å²) in [4.78, 5) is 20.0. The van der Waals surface area contributed by atoms with Crippen LogP contribution >= 0.6 is 11.3 Å². The van der Waals surface area contributed by atoms with E-state index >= 15 is 0 Å². The van der Waals surface area contributed by atoms with E-state index < -0.39 is 22.0 Å². The van der Waals surface area contributed by atoms with Crippen LogP contribution in [-0.4, -0.2) is 65.6 Å². The van der Waals surface area contributed by atoms with E-state index in [9.17, 15) is 13.2 Å². The molecule has 0 aliphatic heterocycles. The van der Waals surface area contributed by atoms with E-state index in [-0.39, 0.29) is 11.4 Å². The fourth-order valence-corrected chi connectivity index (χ4v) is 5.71. The summed E-state index contributed by atoms with van der Waals surface area (Å²) in [6.45, 7) is 0.799. The largest absolute Gasteiger partial charge is 0.493 e. The number of benzene rings is 3. The number of fused-ring (bicyclic) bond motifs is 1. The fourth-order valence-electron chi connectivity index (χ4n) is 3.81. The van der Waals surface area contributed by atoms with Gasteiger partial charge in [0.1, 0.15) is 5.75 Å². The Morgan fingerprint density at radius 1 is 1.05 bits per heavy atom. The third-order valence-corrected chi connectivity index (χ3v) is 8.35. The molecule has 214 valence electrons. The number of anilines is 1. The molecule has 0 fully saturated rings. The summed E-state index contributed by atoms with van der Waals surface area (Å²) in [5, 5.41) is 12.2. The van der Waals surface area contributed by atoms with E-state index in [2.05, 4.69) is 15.0 Å². The van der Waals surface area contributed by atoms with Crippen LogP contribution < -0.4 is 24.2 Å². The van der Waals surface area contributed by atoms with Crippen LogP contribution in [0.2, 0.25) is 0 Å². The van der Waals surface area contributed by atoms with Crippen molar-refractivity contribution >= 4 is 42.6 Å². The Hall–Kier alpha value is -4.22. The van der Waals surface area contributed by atoms with Gasteiger partial charge < -0.3 is 19.1 Å². The molecule has 11 nitrogen and oxygen atoms in total. The van der Waals surface area contributed by atoms with Crippen molar-refractivity contribution < 1.29 is 27.4 Å². The highest BCUT2D eigenvalue weighted by Crippen LogP contribution is 2.36. The summed E-state index contributed by atoms with van der Waals surface area (Å²) in [5.41, 5.74) is 1.47. The Kier molecular flexibility index (Phi) is 9.41. The van der Waals surface area contributed by atoms with Crippen molar-refractivity contribution in [2.24, 2.45) is 0 Å². The van der Waals surface area contributed by atoms with Gasteiger partial charge in [-0.05, 0) is 50.5 Å². The van der Waals surface area contributed by atoms with Crippen molar-refractivity contribution in [3.63, 3.8) is 0 Å². The highest BCUT2D eigenvalue weighted by atomic mass is 32.2. The zero-order valence-corrected chi connectivity index (χ0v) is 24.5. The molecular weight excluding hydrogens is 566 g/mol. The molecule has 41 heavy (non-hydrogen) atoms. The second-order valence-corrected chi connectivity index (χ2v) is 11.9. The number of amides is 1. The third-order valence-electron chi connectivity index (χ3n) is 5.94. The maximum absolute atomic E-state index is 13.5. The normalized spacial score (nSPS) is 12.1. The van der Waals surface area contributed by atoms with Gasteiger partial charge in [-0.3, -0.25) is 10.1 Å². The van der Waals surface area contributed by atoms with E-state index in [1.807, 2.05) is 25.1 Å². The number of likely N-dealkylation sites (N-methyl/N-ethyl adjacent to an activating group) is 1.